The number of nitrogens with two attached hydrogens (primary N) is 1. The van der Waals surface area contributed by atoms with Crippen LogP contribution in [0, 0.1) is 13.8 Å². The highest BCUT2D eigenvalue weighted by molar-refractivity contribution is 9.10. The molecule has 0 heterocycles. The van der Waals surface area contributed by atoms with Crippen molar-refractivity contribution in [3.05, 3.63) is 56.5 Å². The lowest BCUT2D eigenvalue weighted by molar-refractivity contribution is 0.102. The van der Waals surface area contributed by atoms with E-state index in [0.29, 0.717) is 20.7 Å². The number of amides is 1. The zero-order chi connectivity index (χ0) is 14.9. The molecule has 0 atom stereocenters. The number of hydrogen-bond acceptors (Lipinski definition) is 2. The third kappa shape index (κ3) is 3.14. The smallest absolute Gasteiger partial charge is 0.256 e. The van der Waals surface area contributed by atoms with Gasteiger partial charge in [-0.05, 0) is 71.2 Å². The van der Waals surface area contributed by atoms with E-state index in [-0.39, 0.29) is 5.91 Å². The molecule has 104 valence electrons. The summed E-state index contributed by atoms with van der Waals surface area (Å²) in [6.45, 7) is 3.82. The molecule has 20 heavy (non-hydrogen) atoms. The number of aryl methyl sites for hydroxylation is 2. The fraction of sp³-hybridized carbons (Fsp3) is 0.133. The van der Waals surface area contributed by atoms with Crippen molar-refractivity contribution in [2.24, 2.45) is 0 Å². The molecule has 5 heteroatoms. The Labute approximate surface area is 131 Å². The summed E-state index contributed by atoms with van der Waals surface area (Å²) < 4.78 is 0.699. The summed E-state index contributed by atoms with van der Waals surface area (Å²) in [5.74, 6) is -0.213. The fourth-order valence-corrected chi connectivity index (χ4v) is 2.65. The van der Waals surface area contributed by atoms with Crippen molar-refractivity contribution in [2.75, 3.05) is 11.1 Å². The molecule has 2 aromatic rings. The molecule has 0 aromatic heterocycles. The minimum absolute atomic E-state index is 0.213. The maximum absolute atomic E-state index is 12.3. The summed E-state index contributed by atoms with van der Waals surface area (Å²) in [4.78, 5) is 12.3. The molecule has 0 aliphatic carbocycles. The number of carbonyl (C=O) groups is 1. The number of nitrogens with one attached hydrogen (secondary N) is 1. The molecular weight excluding hydrogens is 340 g/mol. The van der Waals surface area contributed by atoms with E-state index in [4.69, 9.17) is 17.3 Å². The van der Waals surface area contributed by atoms with Crippen LogP contribution >= 0.6 is 27.5 Å². The van der Waals surface area contributed by atoms with Gasteiger partial charge < -0.3 is 11.1 Å². The van der Waals surface area contributed by atoms with Crippen molar-refractivity contribution < 1.29 is 4.79 Å². The summed E-state index contributed by atoms with van der Waals surface area (Å²) in [7, 11) is 0. The molecular formula is C15H14BrClN2O. The second-order valence-electron chi connectivity index (χ2n) is 4.61. The lowest BCUT2D eigenvalue weighted by Crippen LogP contribution is -2.14. The highest BCUT2D eigenvalue weighted by atomic mass is 79.9. The number of benzene rings is 2. The van der Waals surface area contributed by atoms with Gasteiger partial charge >= 0.3 is 0 Å². The van der Waals surface area contributed by atoms with Crippen LogP contribution < -0.4 is 11.1 Å². The molecule has 2 rings (SSSR count). The summed E-state index contributed by atoms with van der Waals surface area (Å²) in [6, 6.07) is 8.76. The standard InChI is InChI=1S/C15H14BrClN2O/c1-8-5-11(18)6-9(2)14(8)19-15(20)12-7-10(17)3-4-13(12)16/h3-7H,18H2,1-2H3,(H,19,20). The van der Waals surface area contributed by atoms with Crippen molar-refractivity contribution in [3.63, 3.8) is 0 Å². The van der Waals surface area contributed by atoms with Gasteiger partial charge in [0.2, 0.25) is 0 Å². The Morgan fingerprint density at radius 1 is 1.20 bits per heavy atom. The van der Waals surface area contributed by atoms with Crippen molar-refractivity contribution in [2.45, 2.75) is 13.8 Å². The van der Waals surface area contributed by atoms with E-state index in [0.717, 1.165) is 16.8 Å². The minimum Gasteiger partial charge on any atom is -0.399 e. The molecule has 3 nitrogen and oxygen atoms in total. The Bertz CT molecular complexity index is 663. The Balaban J connectivity index is 2.35. The zero-order valence-corrected chi connectivity index (χ0v) is 13.5. The van der Waals surface area contributed by atoms with Gasteiger partial charge in [-0.25, -0.2) is 0 Å². The van der Waals surface area contributed by atoms with Crippen molar-refractivity contribution in [1.82, 2.24) is 0 Å². The Kier molecular flexibility index (Phi) is 4.35. The fourth-order valence-electron chi connectivity index (χ4n) is 2.05. The average Bonchev–Trinajstić information content (AvgIpc) is 2.36. The SMILES string of the molecule is Cc1cc(N)cc(C)c1NC(=O)c1cc(Cl)ccc1Br. The average molecular weight is 354 g/mol. The molecule has 0 spiro atoms. The van der Waals surface area contributed by atoms with Crippen LogP contribution in [-0.2, 0) is 0 Å². The lowest BCUT2D eigenvalue weighted by Gasteiger charge is -2.13. The first kappa shape index (κ1) is 14.9. The van der Waals surface area contributed by atoms with Crippen molar-refractivity contribution in [1.29, 1.82) is 0 Å². The first-order chi connectivity index (χ1) is 9.38. The van der Waals surface area contributed by atoms with Gasteiger partial charge in [-0.1, -0.05) is 11.6 Å². The number of hydrogen-bond donors (Lipinski definition) is 2. The number of halogens is 2. The number of rotatable bonds is 2. The second kappa shape index (κ2) is 5.85. The van der Waals surface area contributed by atoms with Gasteiger partial charge in [-0.2, -0.15) is 0 Å². The highest BCUT2D eigenvalue weighted by Gasteiger charge is 2.13. The minimum atomic E-state index is -0.213. The molecule has 0 fully saturated rings. The Morgan fingerprint density at radius 2 is 1.80 bits per heavy atom. The maximum Gasteiger partial charge on any atom is 0.256 e. The largest absolute Gasteiger partial charge is 0.399 e. The van der Waals surface area contributed by atoms with Gasteiger partial charge in [0.1, 0.15) is 0 Å². The first-order valence-electron chi connectivity index (χ1n) is 6.01. The Morgan fingerprint density at radius 3 is 2.40 bits per heavy atom. The summed E-state index contributed by atoms with van der Waals surface area (Å²) in [5, 5.41) is 3.42. The lowest BCUT2D eigenvalue weighted by atomic mass is 10.1. The topological polar surface area (TPSA) is 55.1 Å². The van der Waals surface area contributed by atoms with E-state index < -0.39 is 0 Å². The summed E-state index contributed by atoms with van der Waals surface area (Å²) in [5.41, 5.74) is 9.58. The van der Waals surface area contributed by atoms with Gasteiger partial charge in [-0.15, -0.1) is 0 Å². The van der Waals surface area contributed by atoms with Crippen LogP contribution in [0.4, 0.5) is 11.4 Å². The van der Waals surface area contributed by atoms with E-state index in [2.05, 4.69) is 21.2 Å². The molecule has 0 saturated carbocycles. The maximum atomic E-state index is 12.3. The second-order valence-corrected chi connectivity index (χ2v) is 5.90. The normalized spacial score (nSPS) is 10.4. The van der Waals surface area contributed by atoms with Gasteiger partial charge in [0.15, 0.2) is 0 Å². The van der Waals surface area contributed by atoms with Crippen molar-refractivity contribution >= 4 is 44.8 Å². The van der Waals surface area contributed by atoms with Gasteiger partial charge in [-0.3, -0.25) is 4.79 Å². The number of anilines is 2. The predicted octanol–water partition coefficient (Wildman–Crippen LogP) is 4.55. The van der Waals surface area contributed by atoms with Crippen LogP contribution in [0.1, 0.15) is 21.5 Å². The summed E-state index contributed by atoms with van der Waals surface area (Å²) >= 11 is 9.28. The zero-order valence-electron chi connectivity index (χ0n) is 11.1. The number of carbonyl (C=O) groups excluding carboxylic acids is 1. The molecule has 0 saturated heterocycles. The van der Waals surface area contributed by atoms with Crippen LogP contribution in [0.5, 0.6) is 0 Å². The molecule has 0 bridgehead atoms. The van der Waals surface area contributed by atoms with E-state index in [1.165, 1.54) is 0 Å². The number of nitrogen functional groups attached to an aromatic ring is 1. The van der Waals surface area contributed by atoms with E-state index in [1.54, 1.807) is 18.2 Å². The van der Waals surface area contributed by atoms with Gasteiger partial charge in [0.05, 0.1) is 5.56 Å². The highest BCUT2D eigenvalue weighted by Crippen LogP contribution is 2.26. The quantitative estimate of drug-likeness (QED) is 0.778. The van der Waals surface area contributed by atoms with Crippen LogP contribution in [0.15, 0.2) is 34.8 Å². The van der Waals surface area contributed by atoms with Crippen LogP contribution in [0.25, 0.3) is 0 Å². The van der Waals surface area contributed by atoms with Crippen LogP contribution in [0.3, 0.4) is 0 Å². The predicted molar refractivity (Wildman–Crippen MR) is 87.4 cm³/mol. The monoisotopic (exact) mass is 352 g/mol. The first-order valence-corrected chi connectivity index (χ1v) is 7.18. The van der Waals surface area contributed by atoms with E-state index in [1.807, 2.05) is 26.0 Å². The van der Waals surface area contributed by atoms with E-state index in [9.17, 15) is 4.79 Å². The third-order valence-electron chi connectivity index (χ3n) is 2.97. The molecule has 0 aliphatic heterocycles. The molecule has 0 unspecified atom stereocenters. The van der Waals surface area contributed by atoms with Gasteiger partial charge in [0, 0.05) is 20.9 Å². The molecule has 3 N–H and O–H groups in total. The van der Waals surface area contributed by atoms with Crippen LogP contribution in [0.2, 0.25) is 5.02 Å². The van der Waals surface area contributed by atoms with E-state index >= 15 is 0 Å². The summed E-state index contributed by atoms with van der Waals surface area (Å²) in [6.07, 6.45) is 0. The van der Waals surface area contributed by atoms with Gasteiger partial charge in [0.25, 0.3) is 5.91 Å². The third-order valence-corrected chi connectivity index (χ3v) is 3.89. The molecule has 0 aliphatic rings. The molecule has 1 amide bonds. The molecule has 0 radical (unpaired) electrons. The Hall–Kier alpha value is -1.52. The molecule has 2 aromatic carbocycles. The van der Waals surface area contributed by atoms with Crippen LogP contribution in [-0.4, -0.2) is 5.91 Å². The van der Waals surface area contributed by atoms with Crippen molar-refractivity contribution in [3.8, 4) is 0 Å².